The Balaban J connectivity index is 3.68. The number of carbonyl (C=O) groups is 2. The molecule has 0 spiro atoms. The summed E-state index contributed by atoms with van der Waals surface area (Å²) in [6.07, 6.45) is -0.492. The van der Waals surface area contributed by atoms with Crippen molar-refractivity contribution in [3.63, 3.8) is 0 Å². The molecule has 0 aliphatic heterocycles. The van der Waals surface area contributed by atoms with Crippen LogP contribution in [0.25, 0.3) is 0 Å². The molecule has 0 saturated heterocycles. The average molecular weight is 144 g/mol. The van der Waals surface area contributed by atoms with Crippen LogP contribution in [0.2, 0.25) is 0 Å². The summed E-state index contributed by atoms with van der Waals surface area (Å²) in [7, 11) is 0. The first kappa shape index (κ1) is 9.10. The first-order chi connectivity index (χ1) is 4.57. The molecule has 0 saturated carbocycles. The highest BCUT2D eigenvalue weighted by atomic mass is 16.2. The maximum atomic E-state index is 10.6. The van der Waals surface area contributed by atoms with Crippen LogP contribution >= 0.6 is 0 Å². The molecule has 0 aromatic rings. The number of Topliss-reactive ketones (excluding diaryl/α,β-unsaturated/α-hetero) is 1. The lowest BCUT2D eigenvalue weighted by Crippen LogP contribution is -2.46. The van der Waals surface area contributed by atoms with Crippen molar-refractivity contribution in [2.45, 2.75) is 26.4 Å². The van der Waals surface area contributed by atoms with Crippen LogP contribution in [0.3, 0.4) is 0 Å². The van der Waals surface area contributed by atoms with Crippen LogP contribution in [-0.2, 0) is 9.59 Å². The number of hydrogen-bond donors (Lipinski definition) is 2. The van der Waals surface area contributed by atoms with Crippen molar-refractivity contribution in [2.75, 3.05) is 0 Å². The smallest absolute Gasteiger partial charge is 0.221 e. The summed E-state index contributed by atoms with van der Waals surface area (Å²) < 4.78 is 0. The predicted octanol–water partition coefficient (Wildman–Crippen LogP) is -0.614. The Morgan fingerprint density at radius 3 is 2.40 bits per heavy atom. The van der Waals surface area contributed by atoms with E-state index in [9.17, 15) is 9.59 Å². The van der Waals surface area contributed by atoms with Gasteiger partial charge in [-0.25, -0.2) is 0 Å². The minimum atomic E-state index is -0.840. The molecule has 0 unspecified atom stereocenters. The van der Waals surface area contributed by atoms with Crippen LogP contribution in [0, 0.1) is 0 Å². The molecule has 4 nitrogen and oxygen atoms in total. The van der Waals surface area contributed by atoms with Gasteiger partial charge in [-0.1, -0.05) is 6.92 Å². The number of rotatable bonds is 3. The maximum Gasteiger partial charge on any atom is 0.221 e. The van der Waals surface area contributed by atoms with Gasteiger partial charge in [0.1, 0.15) is 6.17 Å². The fraction of sp³-hybridized carbons (Fsp3) is 0.667. The fourth-order valence-electron chi connectivity index (χ4n) is 0.377. The SMILES string of the molecule is CCC(=O)N[C@H](N)C(C)=O. The van der Waals surface area contributed by atoms with Gasteiger partial charge in [-0.05, 0) is 6.92 Å². The van der Waals surface area contributed by atoms with Gasteiger partial charge in [0.05, 0.1) is 0 Å². The van der Waals surface area contributed by atoms with Gasteiger partial charge in [0, 0.05) is 6.42 Å². The van der Waals surface area contributed by atoms with Gasteiger partial charge >= 0.3 is 0 Å². The highest BCUT2D eigenvalue weighted by molar-refractivity contribution is 5.86. The number of nitrogens with two attached hydrogens (primary N) is 1. The number of ketones is 1. The summed E-state index contributed by atoms with van der Waals surface area (Å²) in [6, 6.07) is 0. The Bertz CT molecular complexity index is 145. The zero-order valence-corrected chi connectivity index (χ0v) is 6.18. The molecule has 0 rings (SSSR count). The van der Waals surface area contributed by atoms with Crippen LogP contribution in [0.5, 0.6) is 0 Å². The average Bonchev–Trinajstić information content (AvgIpc) is 1.87. The second kappa shape index (κ2) is 4.00. The van der Waals surface area contributed by atoms with E-state index in [1.807, 2.05) is 0 Å². The van der Waals surface area contributed by atoms with E-state index in [0.29, 0.717) is 6.42 Å². The van der Waals surface area contributed by atoms with Crippen molar-refractivity contribution in [2.24, 2.45) is 5.73 Å². The fourth-order valence-corrected chi connectivity index (χ4v) is 0.377. The highest BCUT2D eigenvalue weighted by Crippen LogP contribution is 1.79. The van der Waals surface area contributed by atoms with Gasteiger partial charge in [-0.15, -0.1) is 0 Å². The summed E-state index contributed by atoms with van der Waals surface area (Å²) in [5, 5.41) is 2.32. The lowest BCUT2D eigenvalue weighted by Gasteiger charge is -2.08. The molecule has 3 N–H and O–H groups in total. The van der Waals surface area contributed by atoms with Crippen molar-refractivity contribution in [1.29, 1.82) is 0 Å². The van der Waals surface area contributed by atoms with E-state index in [0.717, 1.165) is 0 Å². The van der Waals surface area contributed by atoms with Gasteiger partial charge in [0.2, 0.25) is 5.91 Å². The van der Waals surface area contributed by atoms with Crippen molar-refractivity contribution in [3.05, 3.63) is 0 Å². The summed E-state index contributed by atoms with van der Waals surface area (Å²) in [5.74, 6) is -0.440. The van der Waals surface area contributed by atoms with E-state index in [1.54, 1.807) is 6.92 Å². The molecule has 1 amide bonds. The van der Waals surface area contributed by atoms with Gasteiger partial charge < -0.3 is 11.1 Å². The van der Waals surface area contributed by atoms with Crippen LogP contribution < -0.4 is 11.1 Å². The zero-order chi connectivity index (χ0) is 8.15. The Morgan fingerprint density at radius 2 is 2.10 bits per heavy atom. The van der Waals surface area contributed by atoms with Crippen molar-refractivity contribution >= 4 is 11.7 Å². The Morgan fingerprint density at radius 1 is 1.60 bits per heavy atom. The van der Waals surface area contributed by atoms with Crippen molar-refractivity contribution in [3.8, 4) is 0 Å². The summed E-state index contributed by atoms with van der Waals surface area (Å²) >= 11 is 0. The molecule has 10 heavy (non-hydrogen) atoms. The molecule has 0 aromatic heterocycles. The molecule has 0 bridgehead atoms. The number of hydrogen-bond acceptors (Lipinski definition) is 3. The number of carbonyl (C=O) groups excluding carboxylic acids is 2. The standard InChI is InChI=1S/C6H12N2O2/c1-3-5(10)8-6(7)4(2)9/h6H,3,7H2,1-2H3,(H,8,10)/t6-/m0/s1. The lowest BCUT2D eigenvalue weighted by atomic mass is 10.3. The quantitative estimate of drug-likeness (QED) is 0.519. The molecule has 0 fully saturated rings. The first-order valence-electron chi connectivity index (χ1n) is 3.13. The lowest BCUT2D eigenvalue weighted by molar-refractivity contribution is -0.126. The van der Waals surface area contributed by atoms with E-state index in [1.165, 1.54) is 6.92 Å². The molecule has 1 atom stereocenters. The van der Waals surface area contributed by atoms with E-state index >= 15 is 0 Å². The highest BCUT2D eigenvalue weighted by Gasteiger charge is 2.08. The van der Waals surface area contributed by atoms with E-state index in [-0.39, 0.29) is 11.7 Å². The van der Waals surface area contributed by atoms with E-state index in [4.69, 9.17) is 5.73 Å². The summed E-state index contributed by atoms with van der Waals surface area (Å²) in [5.41, 5.74) is 5.21. The summed E-state index contributed by atoms with van der Waals surface area (Å²) in [6.45, 7) is 3.03. The van der Waals surface area contributed by atoms with Gasteiger partial charge in [0.15, 0.2) is 5.78 Å². The van der Waals surface area contributed by atoms with Crippen molar-refractivity contribution in [1.82, 2.24) is 5.32 Å². The Kier molecular flexibility index (Phi) is 3.64. The zero-order valence-electron chi connectivity index (χ0n) is 6.18. The first-order valence-corrected chi connectivity index (χ1v) is 3.13. The van der Waals surface area contributed by atoms with Crippen LogP contribution in [0.4, 0.5) is 0 Å². The van der Waals surface area contributed by atoms with Gasteiger partial charge in [-0.2, -0.15) is 0 Å². The molecule has 4 heteroatoms. The molecule has 58 valence electrons. The van der Waals surface area contributed by atoms with Crippen LogP contribution in [0.15, 0.2) is 0 Å². The largest absolute Gasteiger partial charge is 0.334 e. The molecule has 0 heterocycles. The molecule has 0 aromatic carbocycles. The third-order valence-electron chi connectivity index (χ3n) is 1.08. The minimum absolute atomic E-state index is 0.206. The van der Waals surface area contributed by atoms with Gasteiger partial charge in [0.25, 0.3) is 0 Å². The summed E-state index contributed by atoms with van der Waals surface area (Å²) in [4.78, 5) is 21.0. The van der Waals surface area contributed by atoms with Crippen molar-refractivity contribution < 1.29 is 9.59 Å². The topological polar surface area (TPSA) is 72.2 Å². The normalized spacial score (nSPS) is 12.3. The second-order valence-electron chi connectivity index (χ2n) is 2.01. The molecule has 0 aliphatic carbocycles. The number of amides is 1. The van der Waals surface area contributed by atoms with Crippen LogP contribution in [0.1, 0.15) is 20.3 Å². The molecular weight excluding hydrogens is 132 g/mol. The Labute approximate surface area is 59.8 Å². The monoisotopic (exact) mass is 144 g/mol. The van der Waals surface area contributed by atoms with Crippen LogP contribution in [-0.4, -0.2) is 17.9 Å². The third-order valence-corrected chi connectivity index (χ3v) is 1.08. The minimum Gasteiger partial charge on any atom is -0.334 e. The molecule has 0 radical (unpaired) electrons. The molecule has 0 aliphatic rings. The van der Waals surface area contributed by atoms with E-state index < -0.39 is 6.17 Å². The molecular formula is C6H12N2O2. The van der Waals surface area contributed by atoms with Gasteiger partial charge in [-0.3, -0.25) is 9.59 Å². The third kappa shape index (κ3) is 3.19. The maximum absolute atomic E-state index is 10.6. The van der Waals surface area contributed by atoms with E-state index in [2.05, 4.69) is 5.32 Å². The number of nitrogens with one attached hydrogen (secondary N) is 1. The second-order valence-corrected chi connectivity index (χ2v) is 2.01. The predicted molar refractivity (Wildman–Crippen MR) is 37.1 cm³/mol. The Hall–Kier alpha value is -0.900.